The van der Waals surface area contributed by atoms with Gasteiger partial charge < -0.3 is 27.3 Å². The van der Waals surface area contributed by atoms with Gasteiger partial charge >= 0.3 is 12.3 Å². The summed E-state index contributed by atoms with van der Waals surface area (Å²) in [4.78, 5) is 32.9. The van der Waals surface area contributed by atoms with Gasteiger partial charge in [-0.1, -0.05) is 60.7 Å². The van der Waals surface area contributed by atoms with Crippen LogP contribution in [0.5, 0.6) is 0 Å². The fourth-order valence-electron chi connectivity index (χ4n) is 2.37. The van der Waals surface area contributed by atoms with Crippen molar-refractivity contribution in [3.8, 4) is 0 Å². The van der Waals surface area contributed by atoms with Gasteiger partial charge in [-0.25, -0.2) is 4.79 Å². The molecular formula is C21H26ClF3N4O4. The number of halogens is 4. The summed E-state index contributed by atoms with van der Waals surface area (Å²) >= 11 is 0. The van der Waals surface area contributed by atoms with Crippen LogP contribution in [-0.2, 0) is 27.2 Å². The summed E-state index contributed by atoms with van der Waals surface area (Å²) in [6.45, 7) is -1.73. The van der Waals surface area contributed by atoms with E-state index in [-0.39, 0.29) is 18.8 Å². The second-order valence-corrected chi connectivity index (χ2v) is 6.68. The number of nitrogens with two attached hydrogens (primary N) is 3. The van der Waals surface area contributed by atoms with Crippen LogP contribution in [-0.4, -0.2) is 42.8 Å². The van der Waals surface area contributed by atoms with Gasteiger partial charge in [0.05, 0.1) is 6.04 Å². The predicted molar refractivity (Wildman–Crippen MR) is 118 cm³/mol. The Bertz CT molecular complexity index is 871. The topological polar surface area (TPSA) is 151 Å². The lowest BCUT2D eigenvalue weighted by atomic mass is 10.1. The molecule has 8 nitrogen and oxygen atoms in total. The minimum absolute atomic E-state index is 0. The van der Waals surface area contributed by atoms with E-state index in [4.69, 9.17) is 17.2 Å². The number of hydrogen-bond donors (Lipinski definition) is 4. The van der Waals surface area contributed by atoms with Crippen molar-refractivity contribution in [2.75, 3.05) is 6.61 Å². The quantitative estimate of drug-likeness (QED) is 0.445. The first-order chi connectivity index (χ1) is 15.0. The van der Waals surface area contributed by atoms with Gasteiger partial charge in [0.2, 0.25) is 11.8 Å². The Hall–Kier alpha value is -3.31. The summed E-state index contributed by atoms with van der Waals surface area (Å²) in [5.41, 5.74) is 17.3. The fraction of sp³-hybridized carbons (Fsp3) is 0.286. The van der Waals surface area contributed by atoms with E-state index in [9.17, 15) is 27.6 Å². The number of alkyl carbamates (subject to hydrolysis) is 1. The molecule has 2 atom stereocenters. The highest BCUT2D eigenvalue weighted by Gasteiger charge is 2.30. The second-order valence-electron chi connectivity index (χ2n) is 6.68. The predicted octanol–water partition coefficient (Wildman–Crippen LogP) is 1.84. The van der Waals surface area contributed by atoms with Gasteiger partial charge in [-0.3, -0.25) is 9.59 Å². The van der Waals surface area contributed by atoms with Gasteiger partial charge in [0.15, 0.2) is 6.61 Å². The van der Waals surface area contributed by atoms with Crippen LogP contribution < -0.4 is 22.5 Å². The molecule has 2 aromatic rings. The molecule has 0 heterocycles. The van der Waals surface area contributed by atoms with Crippen LogP contribution in [0.2, 0.25) is 0 Å². The first-order valence-corrected chi connectivity index (χ1v) is 9.40. The summed E-state index contributed by atoms with van der Waals surface area (Å²) in [5.74, 6) is -1.32. The standard InChI is InChI=1S/C12H13F3N2O3.C9H12N2O.ClH/c13-12(14,15)7-20-11(19)17-9(10(16)18)6-8-4-2-1-3-5-8;10-8(9(11)12)6-7-4-2-1-3-5-7;/h1-5,9H,6-7H2,(H2,16,18)(H,17,19);1-5,8H,6,10H2,(H2,11,12);1H/t9-;8-;/m00./s1. The van der Waals surface area contributed by atoms with Crippen molar-refractivity contribution in [3.63, 3.8) is 0 Å². The molecule has 2 rings (SSSR count). The zero-order valence-corrected chi connectivity index (χ0v) is 18.3. The third-order valence-corrected chi connectivity index (χ3v) is 3.95. The SMILES string of the molecule is Cl.NC(=O)[C@@H](N)Cc1ccccc1.NC(=O)[C@H](Cc1ccccc1)NC(=O)OCC(F)(F)F. The van der Waals surface area contributed by atoms with E-state index in [2.05, 4.69) is 4.74 Å². The van der Waals surface area contributed by atoms with E-state index in [0.29, 0.717) is 12.0 Å². The largest absolute Gasteiger partial charge is 0.440 e. The Kier molecular flexibility index (Phi) is 13.2. The molecule has 0 aliphatic heterocycles. The number of nitrogens with one attached hydrogen (secondary N) is 1. The molecule has 0 bridgehead atoms. The summed E-state index contributed by atoms with van der Waals surface area (Å²) in [7, 11) is 0. The van der Waals surface area contributed by atoms with Gasteiger partial charge in [0.25, 0.3) is 0 Å². The van der Waals surface area contributed by atoms with Crippen molar-refractivity contribution >= 4 is 30.3 Å². The highest BCUT2D eigenvalue weighted by atomic mass is 35.5. The average molecular weight is 491 g/mol. The first-order valence-electron chi connectivity index (χ1n) is 9.40. The number of primary amides is 2. The molecule has 0 spiro atoms. The molecule has 0 saturated carbocycles. The molecule has 0 aliphatic carbocycles. The highest BCUT2D eigenvalue weighted by molar-refractivity contribution is 5.85. The Morgan fingerprint density at radius 3 is 1.70 bits per heavy atom. The molecule has 0 radical (unpaired) electrons. The number of ether oxygens (including phenoxy) is 1. The van der Waals surface area contributed by atoms with Crippen LogP contribution in [0, 0.1) is 0 Å². The molecule has 0 fully saturated rings. The minimum atomic E-state index is -4.63. The number of carbonyl (C=O) groups excluding carboxylic acids is 3. The van der Waals surface area contributed by atoms with Crippen LogP contribution in [0.25, 0.3) is 0 Å². The van der Waals surface area contributed by atoms with Crippen LogP contribution in [0.4, 0.5) is 18.0 Å². The number of alkyl halides is 3. The molecule has 12 heteroatoms. The molecule has 33 heavy (non-hydrogen) atoms. The van der Waals surface area contributed by atoms with Crippen molar-refractivity contribution in [2.24, 2.45) is 17.2 Å². The Labute approximate surface area is 195 Å². The van der Waals surface area contributed by atoms with Crippen LogP contribution in [0.3, 0.4) is 0 Å². The van der Waals surface area contributed by atoms with Gasteiger partial charge in [-0.05, 0) is 17.5 Å². The third-order valence-electron chi connectivity index (χ3n) is 3.95. The lowest BCUT2D eigenvalue weighted by Gasteiger charge is -2.16. The summed E-state index contributed by atoms with van der Waals surface area (Å²) in [6, 6.07) is 16.4. The third kappa shape index (κ3) is 13.7. The number of benzene rings is 2. The normalized spacial score (nSPS) is 12.1. The molecule has 0 aliphatic rings. The summed E-state index contributed by atoms with van der Waals surface area (Å²) < 4.78 is 39.5. The molecule has 2 aromatic carbocycles. The van der Waals surface area contributed by atoms with Crippen LogP contribution in [0.1, 0.15) is 11.1 Å². The van der Waals surface area contributed by atoms with Gasteiger partial charge in [0, 0.05) is 6.42 Å². The van der Waals surface area contributed by atoms with Gasteiger partial charge in [-0.15, -0.1) is 12.4 Å². The maximum Gasteiger partial charge on any atom is 0.422 e. The zero-order valence-electron chi connectivity index (χ0n) is 17.5. The van der Waals surface area contributed by atoms with E-state index in [0.717, 1.165) is 5.56 Å². The highest BCUT2D eigenvalue weighted by Crippen LogP contribution is 2.14. The maximum absolute atomic E-state index is 11.9. The molecule has 182 valence electrons. The molecule has 3 amide bonds. The Morgan fingerprint density at radius 2 is 1.30 bits per heavy atom. The van der Waals surface area contributed by atoms with Crippen molar-refractivity contribution in [1.82, 2.24) is 5.32 Å². The smallest absolute Gasteiger partial charge is 0.422 e. The first kappa shape index (κ1) is 29.7. The second kappa shape index (κ2) is 14.7. The van der Waals surface area contributed by atoms with Crippen molar-refractivity contribution in [3.05, 3.63) is 71.8 Å². The molecule has 7 N–H and O–H groups in total. The van der Waals surface area contributed by atoms with Gasteiger partial charge in [-0.2, -0.15) is 13.2 Å². The number of carbonyl (C=O) groups is 3. The monoisotopic (exact) mass is 490 g/mol. The van der Waals surface area contributed by atoms with Crippen molar-refractivity contribution < 1.29 is 32.3 Å². The Morgan fingerprint density at radius 1 is 0.848 bits per heavy atom. The number of hydrogen-bond acceptors (Lipinski definition) is 5. The molecule has 0 unspecified atom stereocenters. The Balaban J connectivity index is 0.000000675. The summed E-state index contributed by atoms with van der Waals surface area (Å²) in [6.07, 6.45) is -5.39. The van der Waals surface area contributed by atoms with E-state index in [1.807, 2.05) is 35.6 Å². The van der Waals surface area contributed by atoms with Crippen molar-refractivity contribution in [1.29, 1.82) is 0 Å². The zero-order chi connectivity index (χ0) is 24.1. The number of amides is 3. The van der Waals surface area contributed by atoms with E-state index in [1.165, 1.54) is 0 Å². The summed E-state index contributed by atoms with van der Waals surface area (Å²) in [5, 5.41) is 2.00. The lowest BCUT2D eigenvalue weighted by molar-refractivity contribution is -0.160. The maximum atomic E-state index is 11.9. The van der Waals surface area contributed by atoms with Crippen LogP contribution in [0.15, 0.2) is 60.7 Å². The molecular weight excluding hydrogens is 465 g/mol. The van der Waals surface area contributed by atoms with Crippen LogP contribution >= 0.6 is 12.4 Å². The molecule has 0 saturated heterocycles. The van der Waals surface area contributed by atoms with Gasteiger partial charge in [0.1, 0.15) is 6.04 Å². The minimum Gasteiger partial charge on any atom is -0.440 e. The van der Waals surface area contributed by atoms with Crippen molar-refractivity contribution in [2.45, 2.75) is 31.1 Å². The molecule has 0 aromatic heterocycles. The average Bonchev–Trinajstić information content (AvgIpc) is 2.73. The fourth-order valence-corrected chi connectivity index (χ4v) is 2.37. The number of rotatable bonds is 8. The van der Waals surface area contributed by atoms with E-state index >= 15 is 0 Å². The lowest BCUT2D eigenvalue weighted by Crippen LogP contribution is -2.46. The van der Waals surface area contributed by atoms with E-state index in [1.54, 1.807) is 30.3 Å². The van der Waals surface area contributed by atoms with E-state index < -0.39 is 42.8 Å².